The number of likely N-dealkylation sites (N-methyl/N-ethyl adjacent to an activating group) is 1. The minimum atomic E-state index is -0.636. The fraction of sp³-hybridized carbons (Fsp3) is 0.556. The summed E-state index contributed by atoms with van der Waals surface area (Å²) in [5.41, 5.74) is 0. The molecule has 92 valence electrons. The third kappa shape index (κ3) is 2.62. The van der Waals surface area contributed by atoms with Crippen molar-refractivity contribution in [3.63, 3.8) is 0 Å². The van der Waals surface area contributed by atoms with Crippen LogP contribution in [-0.2, 0) is 0 Å². The monoisotopic (exact) mass is 257 g/mol. The summed E-state index contributed by atoms with van der Waals surface area (Å²) in [5.74, 6) is 0.193. The maximum absolute atomic E-state index is 10.6. The minimum Gasteiger partial charge on any atom is -0.358 e. The van der Waals surface area contributed by atoms with Gasteiger partial charge in [-0.1, -0.05) is 11.6 Å². The predicted octanol–water partition coefficient (Wildman–Crippen LogP) is 0.790. The molecule has 0 atom stereocenters. The lowest BCUT2D eigenvalue weighted by molar-refractivity contribution is -0.389. The summed E-state index contributed by atoms with van der Waals surface area (Å²) in [4.78, 5) is 21.9. The van der Waals surface area contributed by atoms with Crippen molar-refractivity contribution < 1.29 is 4.92 Å². The highest BCUT2D eigenvalue weighted by atomic mass is 35.5. The smallest absolute Gasteiger partial charge is 0.358 e. The molecule has 0 unspecified atom stereocenters. The molecule has 0 amide bonds. The van der Waals surface area contributed by atoms with Crippen molar-refractivity contribution in [3.8, 4) is 0 Å². The zero-order valence-corrected chi connectivity index (χ0v) is 10.1. The molecule has 1 aliphatic rings. The van der Waals surface area contributed by atoms with E-state index in [0.717, 1.165) is 26.2 Å². The third-order valence-electron chi connectivity index (χ3n) is 2.70. The van der Waals surface area contributed by atoms with Crippen molar-refractivity contribution >= 4 is 23.2 Å². The quantitative estimate of drug-likeness (QED) is 0.576. The van der Waals surface area contributed by atoms with E-state index in [1.165, 1.54) is 6.20 Å². The minimum absolute atomic E-state index is 0.161. The zero-order valence-electron chi connectivity index (χ0n) is 9.34. The van der Waals surface area contributed by atoms with Crippen LogP contribution >= 0.6 is 11.6 Å². The molecular formula is C9H12ClN5O2. The van der Waals surface area contributed by atoms with Gasteiger partial charge in [0.25, 0.3) is 0 Å². The molecule has 0 spiro atoms. The Hall–Kier alpha value is -1.47. The van der Waals surface area contributed by atoms with Crippen LogP contribution in [0.25, 0.3) is 0 Å². The van der Waals surface area contributed by atoms with Crippen molar-refractivity contribution in [2.24, 2.45) is 0 Å². The SMILES string of the molecule is CN1CCN(c2cnc([N+](=O)[O-])c(Cl)n2)CC1. The van der Waals surface area contributed by atoms with Gasteiger partial charge in [-0.3, -0.25) is 0 Å². The van der Waals surface area contributed by atoms with Crippen LogP contribution in [0.4, 0.5) is 11.6 Å². The van der Waals surface area contributed by atoms with E-state index in [1.807, 2.05) is 11.9 Å². The maximum Gasteiger partial charge on any atom is 0.401 e. The molecule has 0 aliphatic carbocycles. The Bertz CT molecular complexity index is 433. The number of hydrogen-bond acceptors (Lipinski definition) is 6. The molecule has 2 heterocycles. The molecule has 8 heteroatoms. The molecule has 17 heavy (non-hydrogen) atoms. The second-order valence-corrected chi connectivity index (χ2v) is 4.25. The maximum atomic E-state index is 10.6. The van der Waals surface area contributed by atoms with Gasteiger partial charge in [0.15, 0.2) is 12.0 Å². The van der Waals surface area contributed by atoms with E-state index in [-0.39, 0.29) is 5.15 Å². The van der Waals surface area contributed by atoms with Crippen molar-refractivity contribution in [3.05, 3.63) is 21.5 Å². The van der Waals surface area contributed by atoms with Gasteiger partial charge in [0, 0.05) is 26.2 Å². The lowest BCUT2D eigenvalue weighted by atomic mass is 10.3. The number of anilines is 1. The summed E-state index contributed by atoms with van der Waals surface area (Å²) < 4.78 is 0. The highest BCUT2D eigenvalue weighted by Gasteiger charge is 2.21. The van der Waals surface area contributed by atoms with Gasteiger partial charge >= 0.3 is 5.82 Å². The van der Waals surface area contributed by atoms with Crippen LogP contribution in [0.2, 0.25) is 5.15 Å². The first-order valence-corrected chi connectivity index (χ1v) is 5.56. The molecule has 1 fully saturated rings. The van der Waals surface area contributed by atoms with Crippen LogP contribution in [0.15, 0.2) is 6.20 Å². The van der Waals surface area contributed by atoms with Gasteiger partial charge in [0.05, 0.1) is 0 Å². The van der Waals surface area contributed by atoms with E-state index in [4.69, 9.17) is 11.6 Å². The standard InChI is InChI=1S/C9H12ClN5O2/c1-13-2-4-14(5-3-13)7-6-11-9(15(16)17)8(10)12-7/h6H,2-5H2,1H3. The molecular weight excluding hydrogens is 246 g/mol. The molecule has 0 aromatic carbocycles. The van der Waals surface area contributed by atoms with E-state index in [0.29, 0.717) is 5.82 Å². The number of aromatic nitrogens is 2. The van der Waals surface area contributed by atoms with E-state index in [2.05, 4.69) is 14.9 Å². The van der Waals surface area contributed by atoms with E-state index < -0.39 is 10.7 Å². The molecule has 1 aromatic rings. The van der Waals surface area contributed by atoms with Gasteiger partial charge in [0.1, 0.15) is 0 Å². The average molecular weight is 258 g/mol. The number of rotatable bonds is 2. The molecule has 2 rings (SSSR count). The highest BCUT2D eigenvalue weighted by Crippen LogP contribution is 2.22. The fourth-order valence-electron chi connectivity index (χ4n) is 1.66. The van der Waals surface area contributed by atoms with Crippen LogP contribution in [0.1, 0.15) is 0 Å². The van der Waals surface area contributed by atoms with Gasteiger partial charge in [-0.25, -0.2) is 4.98 Å². The number of halogens is 1. The average Bonchev–Trinajstić information content (AvgIpc) is 2.29. The van der Waals surface area contributed by atoms with Crippen LogP contribution in [-0.4, -0.2) is 53.0 Å². The second kappa shape index (κ2) is 4.80. The van der Waals surface area contributed by atoms with Crippen LogP contribution in [0.5, 0.6) is 0 Å². The van der Waals surface area contributed by atoms with Gasteiger partial charge < -0.3 is 19.9 Å². The second-order valence-electron chi connectivity index (χ2n) is 3.89. The Morgan fingerprint density at radius 1 is 1.41 bits per heavy atom. The molecule has 0 radical (unpaired) electrons. The third-order valence-corrected chi connectivity index (χ3v) is 2.95. The summed E-state index contributed by atoms with van der Waals surface area (Å²) in [5, 5.41) is 10.4. The zero-order chi connectivity index (χ0) is 12.4. The molecule has 1 aliphatic heterocycles. The van der Waals surface area contributed by atoms with E-state index >= 15 is 0 Å². The summed E-state index contributed by atoms with van der Waals surface area (Å²) in [7, 11) is 2.05. The van der Waals surface area contributed by atoms with Gasteiger partial charge in [0.2, 0.25) is 5.15 Å². The van der Waals surface area contributed by atoms with Crippen molar-refractivity contribution in [2.75, 3.05) is 38.1 Å². The molecule has 0 N–H and O–H groups in total. The van der Waals surface area contributed by atoms with Gasteiger partial charge in [-0.05, 0) is 17.0 Å². The summed E-state index contributed by atoms with van der Waals surface area (Å²) >= 11 is 5.72. The summed E-state index contributed by atoms with van der Waals surface area (Å²) in [6.45, 7) is 3.49. The van der Waals surface area contributed by atoms with Crippen molar-refractivity contribution in [1.29, 1.82) is 0 Å². The number of nitro groups is 1. The van der Waals surface area contributed by atoms with Gasteiger partial charge in [-0.15, -0.1) is 0 Å². The lowest BCUT2D eigenvalue weighted by Gasteiger charge is -2.32. The Kier molecular flexibility index (Phi) is 3.39. The molecule has 0 bridgehead atoms. The summed E-state index contributed by atoms with van der Waals surface area (Å²) in [6, 6.07) is 0. The number of piperazine rings is 1. The first-order valence-electron chi connectivity index (χ1n) is 5.18. The number of hydrogen-bond donors (Lipinski definition) is 0. The molecule has 0 saturated carbocycles. The highest BCUT2D eigenvalue weighted by molar-refractivity contribution is 6.31. The van der Waals surface area contributed by atoms with Gasteiger partial charge in [-0.2, -0.15) is 0 Å². The first-order chi connectivity index (χ1) is 8.08. The Labute approximate surface area is 103 Å². The Balaban J connectivity index is 2.17. The molecule has 1 saturated heterocycles. The topological polar surface area (TPSA) is 75.4 Å². The molecule has 1 aromatic heterocycles. The molecule has 7 nitrogen and oxygen atoms in total. The van der Waals surface area contributed by atoms with Crippen LogP contribution in [0.3, 0.4) is 0 Å². The summed E-state index contributed by atoms with van der Waals surface area (Å²) in [6.07, 6.45) is 1.40. The fourth-order valence-corrected chi connectivity index (χ4v) is 1.87. The van der Waals surface area contributed by atoms with Crippen molar-refractivity contribution in [2.45, 2.75) is 0 Å². The lowest BCUT2D eigenvalue weighted by Crippen LogP contribution is -2.44. The van der Waals surface area contributed by atoms with Crippen LogP contribution < -0.4 is 4.90 Å². The first kappa shape index (κ1) is 12.0. The van der Waals surface area contributed by atoms with Crippen LogP contribution in [0, 0.1) is 10.1 Å². The predicted molar refractivity (Wildman–Crippen MR) is 63.4 cm³/mol. The van der Waals surface area contributed by atoms with E-state index in [1.54, 1.807) is 0 Å². The largest absolute Gasteiger partial charge is 0.401 e. The number of nitrogens with zero attached hydrogens (tertiary/aromatic N) is 5. The van der Waals surface area contributed by atoms with E-state index in [9.17, 15) is 10.1 Å². The normalized spacial score (nSPS) is 17.2. The van der Waals surface area contributed by atoms with Crippen molar-refractivity contribution in [1.82, 2.24) is 14.9 Å². The Morgan fingerprint density at radius 3 is 2.59 bits per heavy atom. The Morgan fingerprint density at radius 2 is 2.06 bits per heavy atom.